The van der Waals surface area contributed by atoms with Crippen molar-refractivity contribution in [3.63, 3.8) is 0 Å². The van der Waals surface area contributed by atoms with E-state index in [0.717, 1.165) is 53.4 Å². The number of methoxy groups -OCH3 is 2. The Morgan fingerprint density at radius 3 is 2.60 bits per heavy atom. The maximum atomic E-state index is 5.93. The lowest BCUT2D eigenvalue weighted by atomic mass is 9.87. The highest BCUT2D eigenvalue weighted by Crippen LogP contribution is 2.36. The standard InChI is InChI=1S/C29H34N8O3/c1-4-23(40-10-9-38-2)12-24(28-25-15-32-34-29(25)35-33-28)20-6-7-26(30-14-20)36-17-21-11-22(18-36)37(21)16-19-5-8-27(39-3)31-13-19/h4-8,12-15,21-22H,9-11,16-18H2,1-3H3,(H2,32,33,34,35)/b23-4+,24-12-. The highest BCUT2D eigenvalue weighted by Gasteiger charge is 2.44. The first kappa shape index (κ1) is 26.0. The molecule has 7 rings (SSSR count). The molecule has 2 atom stereocenters. The first-order valence-corrected chi connectivity index (χ1v) is 13.5. The molecule has 7 heterocycles. The van der Waals surface area contributed by atoms with E-state index in [0.29, 0.717) is 36.8 Å². The predicted molar refractivity (Wildman–Crippen MR) is 152 cm³/mol. The summed E-state index contributed by atoms with van der Waals surface area (Å²) in [5, 5.41) is 15.5. The van der Waals surface area contributed by atoms with Gasteiger partial charge in [-0.15, -0.1) is 0 Å². The smallest absolute Gasteiger partial charge is 0.212 e. The fourth-order valence-electron chi connectivity index (χ4n) is 5.52. The summed E-state index contributed by atoms with van der Waals surface area (Å²) in [5.74, 6) is 2.38. The molecular formula is C29H34N8O3. The number of aromatic nitrogens is 6. The zero-order chi connectivity index (χ0) is 27.5. The minimum absolute atomic E-state index is 0.463. The van der Waals surface area contributed by atoms with Crippen molar-refractivity contribution in [3.05, 3.63) is 77.6 Å². The summed E-state index contributed by atoms with van der Waals surface area (Å²) in [6.07, 6.45) is 10.8. The van der Waals surface area contributed by atoms with E-state index >= 15 is 0 Å². The quantitative estimate of drug-likeness (QED) is 0.167. The Hall–Kier alpha value is -4.22. The molecule has 4 aromatic rings. The van der Waals surface area contributed by atoms with E-state index in [4.69, 9.17) is 19.2 Å². The Balaban J connectivity index is 1.18. The minimum atomic E-state index is 0.463. The lowest BCUT2D eigenvalue weighted by molar-refractivity contribution is -0.00877. The average molecular weight is 543 g/mol. The van der Waals surface area contributed by atoms with Gasteiger partial charge in [0.15, 0.2) is 5.65 Å². The molecule has 2 unspecified atom stereocenters. The maximum absolute atomic E-state index is 5.93. The third-order valence-corrected chi connectivity index (χ3v) is 7.66. The summed E-state index contributed by atoms with van der Waals surface area (Å²) in [4.78, 5) is 14.2. The second-order valence-corrected chi connectivity index (χ2v) is 10.1. The van der Waals surface area contributed by atoms with Gasteiger partial charge in [-0.2, -0.15) is 10.2 Å². The number of rotatable bonds is 11. The molecular weight excluding hydrogens is 508 g/mol. The number of hydrogen-bond acceptors (Lipinski definition) is 9. The summed E-state index contributed by atoms with van der Waals surface area (Å²) in [6.45, 7) is 5.76. The van der Waals surface area contributed by atoms with Gasteiger partial charge in [0.2, 0.25) is 5.88 Å². The van der Waals surface area contributed by atoms with E-state index in [-0.39, 0.29) is 0 Å². The van der Waals surface area contributed by atoms with Crippen LogP contribution in [0.25, 0.3) is 16.6 Å². The molecule has 3 aliphatic heterocycles. The number of piperazine rings is 1. The lowest BCUT2D eigenvalue weighted by Gasteiger charge is -2.56. The van der Waals surface area contributed by atoms with E-state index in [1.165, 1.54) is 12.0 Å². The number of hydrogen-bond donors (Lipinski definition) is 2. The number of fused-ring (bicyclic) bond motifs is 3. The van der Waals surface area contributed by atoms with Gasteiger partial charge in [-0.25, -0.2) is 9.97 Å². The molecule has 0 aliphatic carbocycles. The van der Waals surface area contributed by atoms with Gasteiger partial charge in [-0.3, -0.25) is 15.1 Å². The molecule has 0 amide bonds. The van der Waals surface area contributed by atoms with Gasteiger partial charge in [-0.05, 0) is 43.2 Å². The second-order valence-electron chi connectivity index (χ2n) is 10.1. The molecule has 4 aromatic heterocycles. The molecule has 3 saturated heterocycles. The average Bonchev–Trinajstić information content (AvgIpc) is 3.63. The van der Waals surface area contributed by atoms with Crippen LogP contribution < -0.4 is 9.64 Å². The minimum Gasteiger partial charge on any atom is -0.492 e. The molecule has 0 saturated carbocycles. The van der Waals surface area contributed by atoms with Crippen LogP contribution in [-0.4, -0.2) is 87.9 Å². The number of pyridine rings is 2. The molecule has 40 heavy (non-hydrogen) atoms. The van der Waals surface area contributed by atoms with Crippen molar-refractivity contribution >= 4 is 22.4 Å². The third-order valence-electron chi connectivity index (χ3n) is 7.66. The highest BCUT2D eigenvalue weighted by molar-refractivity contribution is 5.93. The van der Waals surface area contributed by atoms with Gasteiger partial charge in [-0.1, -0.05) is 6.07 Å². The Bertz CT molecular complexity index is 1480. The normalized spacial score (nSPS) is 19.6. The largest absolute Gasteiger partial charge is 0.492 e. The topological polar surface area (TPSA) is 117 Å². The van der Waals surface area contributed by atoms with Crippen LogP contribution in [0.4, 0.5) is 5.82 Å². The lowest BCUT2D eigenvalue weighted by Crippen LogP contribution is -2.68. The van der Waals surface area contributed by atoms with Gasteiger partial charge >= 0.3 is 0 Å². The molecule has 11 heteroatoms. The number of allylic oxidation sites excluding steroid dienone is 2. The van der Waals surface area contributed by atoms with Crippen molar-refractivity contribution in [3.8, 4) is 5.88 Å². The zero-order valence-corrected chi connectivity index (χ0v) is 23.0. The Morgan fingerprint density at radius 2 is 1.90 bits per heavy atom. The molecule has 0 spiro atoms. The first-order valence-electron chi connectivity index (χ1n) is 13.5. The maximum Gasteiger partial charge on any atom is 0.212 e. The summed E-state index contributed by atoms with van der Waals surface area (Å²) >= 11 is 0. The second kappa shape index (κ2) is 11.5. The monoisotopic (exact) mass is 542 g/mol. The molecule has 2 bridgehead atoms. The van der Waals surface area contributed by atoms with Gasteiger partial charge in [0.05, 0.1) is 31.0 Å². The van der Waals surface area contributed by atoms with Crippen molar-refractivity contribution in [2.75, 3.05) is 45.4 Å². The molecule has 11 nitrogen and oxygen atoms in total. The highest BCUT2D eigenvalue weighted by atomic mass is 16.5. The summed E-state index contributed by atoms with van der Waals surface area (Å²) in [7, 11) is 3.30. The number of nitrogens with one attached hydrogen (secondary N) is 2. The number of ether oxygens (including phenoxy) is 3. The summed E-state index contributed by atoms with van der Waals surface area (Å²) < 4.78 is 16.3. The Labute approximate surface area is 232 Å². The third kappa shape index (κ3) is 5.17. The number of H-pyrrole nitrogens is 2. The van der Waals surface area contributed by atoms with Crippen LogP contribution in [0.1, 0.15) is 30.2 Å². The van der Waals surface area contributed by atoms with Crippen LogP contribution >= 0.6 is 0 Å². The Kier molecular flexibility index (Phi) is 7.47. The first-order chi connectivity index (χ1) is 19.7. The van der Waals surface area contributed by atoms with Crippen LogP contribution in [0.2, 0.25) is 0 Å². The van der Waals surface area contributed by atoms with Crippen LogP contribution in [0.15, 0.2) is 60.8 Å². The van der Waals surface area contributed by atoms with Crippen LogP contribution in [-0.2, 0) is 16.0 Å². The van der Waals surface area contributed by atoms with E-state index in [2.05, 4.69) is 53.4 Å². The van der Waals surface area contributed by atoms with E-state index in [9.17, 15) is 0 Å². The number of nitrogens with zero attached hydrogens (tertiary/aromatic N) is 6. The van der Waals surface area contributed by atoms with Crippen LogP contribution in [0.5, 0.6) is 5.88 Å². The Morgan fingerprint density at radius 1 is 1.02 bits per heavy atom. The molecule has 0 aromatic carbocycles. The molecule has 2 N–H and O–H groups in total. The fraction of sp³-hybridized carbons (Fsp3) is 0.379. The number of anilines is 1. The van der Waals surface area contributed by atoms with Gasteiger partial charge < -0.3 is 19.1 Å². The van der Waals surface area contributed by atoms with Crippen molar-refractivity contribution in [1.82, 2.24) is 35.3 Å². The fourth-order valence-corrected chi connectivity index (χ4v) is 5.52. The number of aromatic amines is 2. The van der Waals surface area contributed by atoms with Gasteiger partial charge in [0.25, 0.3) is 0 Å². The van der Waals surface area contributed by atoms with E-state index in [1.54, 1.807) is 20.4 Å². The van der Waals surface area contributed by atoms with Gasteiger partial charge in [0.1, 0.15) is 18.2 Å². The van der Waals surface area contributed by atoms with Crippen molar-refractivity contribution in [2.24, 2.45) is 0 Å². The van der Waals surface area contributed by atoms with E-state index < -0.39 is 0 Å². The van der Waals surface area contributed by atoms with Crippen molar-refractivity contribution < 1.29 is 14.2 Å². The van der Waals surface area contributed by atoms with Crippen LogP contribution in [0.3, 0.4) is 0 Å². The molecule has 208 valence electrons. The molecule has 3 aliphatic rings. The van der Waals surface area contributed by atoms with Crippen molar-refractivity contribution in [2.45, 2.75) is 32.0 Å². The van der Waals surface area contributed by atoms with Crippen LogP contribution in [0, 0.1) is 0 Å². The molecule has 0 radical (unpaired) electrons. The van der Waals surface area contributed by atoms with E-state index in [1.807, 2.05) is 37.5 Å². The number of piperidine rings is 1. The summed E-state index contributed by atoms with van der Waals surface area (Å²) in [6, 6.07) is 9.27. The predicted octanol–water partition coefficient (Wildman–Crippen LogP) is 3.55. The zero-order valence-electron chi connectivity index (χ0n) is 23.0. The van der Waals surface area contributed by atoms with Gasteiger partial charge in [0, 0.05) is 68.4 Å². The molecule has 3 fully saturated rings. The van der Waals surface area contributed by atoms with Crippen molar-refractivity contribution in [1.29, 1.82) is 0 Å². The summed E-state index contributed by atoms with van der Waals surface area (Å²) in [5.41, 5.74) is 4.66. The SMILES string of the molecule is C/C=C(\C=C(\c1ccc(N2CC3CC(C2)N3Cc2ccc(OC)nc2)nc1)c1[nH]nc2[nH]ncc12)OCCOC.